The summed E-state index contributed by atoms with van der Waals surface area (Å²) in [5.41, 5.74) is -0.951. The van der Waals surface area contributed by atoms with Crippen LogP contribution in [0.2, 0.25) is 0 Å². The summed E-state index contributed by atoms with van der Waals surface area (Å²) in [6.07, 6.45) is 1.64. The molecular formula is C19H22FNO4. The molecule has 6 heteroatoms. The second kappa shape index (κ2) is 6.88. The smallest absolute Gasteiger partial charge is 0.289 e. The molecule has 0 bridgehead atoms. The third-order valence-corrected chi connectivity index (χ3v) is 4.40. The fourth-order valence-electron chi connectivity index (χ4n) is 3.14. The minimum Gasteiger partial charge on any atom is -0.486 e. The number of furan rings is 1. The summed E-state index contributed by atoms with van der Waals surface area (Å²) < 4.78 is 24.0. The molecule has 0 spiro atoms. The van der Waals surface area contributed by atoms with Gasteiger partial charge in [-0.15, -0.1) is 0 Å². The van der Waals surface area contributed by atoms with Gasteiger partial charge in [-0.2, -0.15) is 0 Å². The average Bonchev–Trinajstić information content (AvgIpc) is 3.23. The SMILES string of the molecule is CC(C)(O)C1CCCN1C(=O)c1ccc(COc2ccc(F)cc2)o1. The van der Waals surface area contributed by atoms with Crippen LogP contribution in [0.5, 0.6) is 5.75 Å². The summed E-state index contributed by atoms with van der Waals surface area (Å²) in [5.74, 6) is 0.704. The molecule has 25 heavy (non-hydrogen) atoms. The van der Waals surface area contributed by atoms with E-state index in [-0.39, 0.29) is 30.1 Å². The highest BCUT2D eigenvalue weighted by Gasteiger charge is 2.39. The molecule has 1 saturated heterocycles. The molecule has 3 rings (SSSR count). The van der Waals surface area contributed by atoms with Gasteiger partial charge in [-0.3, -0.25) is 4.79 Å². The highest BCUT2D eigenvalue weighted by Crippen LogP contribution is 2.28. The Hall–Kier alpha value is -2.34. The van der Waals surface area contributed by atoms with Crippen LogP contribution in [0.15, 0.2) is 40.8 Å². The summed E-state index contributed by atoms with van der Waals surface area (Å²) in [6, 6.07) is 8.78. The molecule has 1 fully saturated rings. The zero-order valence-electron chi connectivity index (χ0n) is 14.4. The number of hydrogen-bond acceptors (Lipinski definition) is 4. The Morgan fingerprint density at radius 1 is 1.32 bits per heavy atom. The van der Waals surface area contributed by atoms with E-state index in [2.05, 4.69) is 0 Å². The van der Waals surface area contributed by atoms with Gasteiger partial charge in [-0.25, -0.2) is 4.39 Å². The molecular weight excluding hydrogens is 325 g/mol. The number of carbonyl (C=O) groups excluding carboxylic acids is 1. The average molecular weight is 347 g/mol. The molecule has 1 aliphatic heterocycles. The van der Waals surface area contributed by atoms with Crippen LogP contribution in [0.3, 0.4) is 0 Å². The minimum absolute atomic E-state index is 0.147. The monoisotopic (exact) mass is 347 g/mol. The van der Waals surface area contributed by atoms with E-state index in [4.69, 9.17) is 9.15 Å². The Labute approximate surface area is 146 Å². The first-order valence-corrected chi connectivity index (χ1v) is 8.35. The lowest BCUT2D eigenvalue weighted by Crippen LogP contribution is -2.48. The highest BCUT2D eigenvalue weighted by atomic mass is 19.1. The van der Waals surface area contributed by atoms with Crippen LogP contribution < -0.4 is 4.74 Å². The van der Waals surface area contributed by atoms with E-state index in [0.717, 1.165) is 12.8 Å². The number of halogens is 1. The lowest BCUT2D eigenvalue weighted by molar-refractivity contribution is -0.000855. The van der Waals surface area contributed by atoms with Crippen molar-refractivity contribution in [1.29, 1.82) is 0 Å². The molecule has 0 radical (unpaired) electrons. The first-order chi connectivity index (χ1) is 11.8. The largest absolute Gasteiger partial charge is 0.486 e. The molecule has 1 atom stereocenters. The normalized spacial score (nSPS) is 17.8. The molecule has 1 aromatic carbocycles. The van der Waals surface area contributed by atoms with Crippen molar-refractivity contribution in [2.24, 2.45) is 0 Å². The molecule has 0 saturated carbocycles. The number of aliphatic hydroxyl groups is 1. The van der Waals surface area contributed by atoms with E-state index in [1.54, 1.807) is 30.9 Å². The van der Waals surface area contributed by atoms with E-state index < -0.39 is 5.60 Å². The van der Waals surface area contributed by atoms with Gasteiger partial charge in [-0.05, 0) is 63.1 Å². The number of nitrogens with zero attached hydrogens (tertiary/aromatic N) is 1. The Morgan fingerprint density at radius 3 is 2.72 bits per heavy atom. The number of hydrogen-bond donors (Lipinski definition) is 1. The molecule has 2 aromatic rings. The molecule has 134 valence electrons. The maximum atomic E-state index is 12.9. The number of benzene rings is 1. The Bertz CT molecular complexity index is 733. The number of ether oxygens (including phenoxy) is 1. The standard InChI is InChI=1S/C19H22FNO4/c1-19(2,23)17-4-3-11-21(17)18(22)16-10-9-15(25-16)12-24-14-7-5-13(20)6-8-14/h5-10,17,23H,3-4,11-12H2,1-2H3. The second-order valence-electron chi connectivity index (χ2n) is 6.82. The van der Waals surface area contributed by atoms with Crippen LogP contribution in [0.4, 0.5) is 4.39 Å². The second-order valence-corrected chi connectivity index (χ2v) is 6.82. The predicted molar refractivity (Wildman–Crippen MR) is 89.8 cm³/mol. The van der Waals surface area contributed by atoms with Gasteiger partial charge in [0.05, 0.1) is 11.6 Å². The zero-order chi connectivity index (χ0) is 18.0. The van der Waals surface area contributed by atoms with Gasteiger partial charge in [0.2, 0.25) is 0 Å². The first-order valence-electron chi connectivity index (χ1n) is 8.35. The van der Waals surface area contributed by atoms with E-state index in [1.165, 1.54) is 24.3 Å². The van der Waals surface area contributed by atoms with E-state index in [9.17, 15) is 14.3 Å². The number of likely N-dealkylation sites (tertiary alicyclic amines) is 1. The van der Waals surface area contributed by atoms with Crippen molar-refractivity contribution in [3.63, 3.8) is 0 Å². The Balaban J connectivity index is 1.64. The Morgan fingerprint density at radius 2 is 2.04 bits per heavy atom. The van der Waals surface area contributed by atoms with Crippen LogP contribution >= 0.6 is 0 Å². The fourth-order valence-corrected chi connectivity index (χ4v) is 3.14. The van der Waals surface area contributed by atoms with Gasteiger partial charge < -0.3 is 19.2 Å². The van der Waals surface area contributed by atoms with Gasteiger partial charge in [-0.1, -0.05) is 0 Å². The maximum Gasteiger partial charge on any atom is 0.289 e. The number of rotatable bonds is 5. The van der Waals surface area contributed by atoms with Gasteiger partial charge in [0, 0.05) is 6.54 Å². The van der Waals surface area contributed by atoms with Crippen molar-refractivity contribution in [1.82, 2.24) is 4.90 Å². The lowest BCUT2D eigenvalue weighted by atomic mass is 9.96. The van der Waals surface area contributed by atoms with Crippen molar-refractivity contribution in [3.8, 4) is 5.75 Å². The van der Waals surface area contributed by atoms with E-state index in [1.807, 2.05) is 0 Å². The van der Waals surface area contributed by atoms with Gasteiger partial charge in [0.15, 0.2) is 5.76 Å². The first kappa shape index (κ1) is 17.5. The predicted octanol–water partition coefficient (Wildman–Crippen LogP) is 3.37. The summed E-state index contributed by atoms with van der Waals surface area (Å²) in [4.78, 5) is 14.3. The summed E-state index contributed by atoms with van der Waals surface area (Å²) in [5, 5.41) is 10.2. The van der Waals surface area contributed by atoms with Crippen LogP contribution in [-0.4, -0.2) is 34.1 Å². The third kappa shape index (κ3) is 4.02. The van der Waals surface area contributed by atoms with E-state index in [0.29, 0.717) is 18.1 Å². The Kier molecular flexibility index (Phi) is 4.81. The number of amides is 1. The molecule has 1 aromatic heterocycles. The maximum absolute atomic E-state index is 12.9. The third-order valence-electron chi connectivity index (χ3n) is 4.40. The lowest BCUT2D eigenvalue weighted by Gasteiger charge is -2.33. The molecule has 5 nitrogen and oxygen atoms in total. The van der Waals surface area contributed by atoms with Gasteiger partial charge >= 0.3 is 0 Å². The molecule has 1 unspecified atom stereocenters. The number of carbonyl (C=O) groups is 1. The van der Waals surface area contributed by atoms with Crippen molar-refractivity contribution < 1.29 is 23.4 Å². The molecule has 1 amide bonds. The topological polar surface area (TPSA) is 62.9 Å². The van der Waals surface area contributed by atoms with Gasteiger partial charge in [0.1, 0.15) is 23.9 Å². The summed E-state index contributed by atoms with van der Waals surface area (Å²) in [6.45, 7) is 4.18. The van der Waals surface area contributed by atoms with Crippen LogP contribution in [0, 0.1) is 5.82 Å². The minimum atomic E-state index is -0.951. The summed E-state index contributed by atoms with van der Waals surface area (Å²) >= 11 is 0. The highest BCUT2D eigenvalue weighted by molar-refractivity contribution is 5.92. The summed E-state index contributed by atoms with van der Waals surface area (Å²) in [7, 11) is 0. The molecule has 1 aliphatic rings. The van der Waals surface area contributed by atoms with Crippen LogP contribution in [-0.2, 0) is 6.61 Å². The zero-order valence-corrected chi connectivity index (χ0v) is 14.4. The van der Waals surface area contributed by atoms with Crippen molar-refractivity contribution in [3.05, 3.63) is 53.7 Å². The van der Waals surface area contributed by atoms with Crippen molar-refractivity contribution in [2.75, 3.05) is 6.54 Å². The fraction of sp³-hybridized carbons (Fsp3) is 0.421. The quantitative estimate of drug-likeness (QED) is 0.901. The van der Waals surface area contributed by atoms with Crippen LogP contribution in [0.1, 0.15) is 43.0 Å². The molecule has 1 N–H and O–H groups in total. The van der Waals surface area contributed by atoms with E-state index >= 15 is 0 Å². The van der Waals surface area contributed by atoms with Crippen molar-refractivity contribution in [2.45, 2.75) is 44.9 Å². The molecule has 0 aliphatic carbocycles. The molecule has 2 heterocycles. The van der Waals surface area contributed by atoms with Crippen molar-refractivity contribution >= 4 is 5.91 Å². The van der Waals surface area contributed by atoms with Crippen LogP contribution in [0.25, 0.3) is 0 Å². The van der Waals surface area contributed by atoms with Gasteiger partial charge in [0.25, 0.3) is 5.91 Å².